The van der Waals surface area contributed by atoms with Crippen LogP contribution in [0.5, 0.6) is 11.5 Å². The lowest BCUT2D eigenvalue weighted by Crippen LogP contribution is -2.33. The smallest absolute Gasteiger partial charge is 0.226 e. The van der Waals surface area contributed by atoms with Crippen molar-refractivity contribution >= 4 is 33.2 Å². The SMILES string of the molecule is Cc1ccc(OCc2nc(CC(=O)NC3CCOc4ccc(Br)cc43)cs2)cc1. The van der Waals surface area contributed by atoms with Gasteiger partial charge in [-0.3, -0.25) is 4.79 Å². The predicted molar refractivity (Wildman–Crippen MR) is 116 cm³/mol. The quantitative estimate of drug-likeness (QED) is 0.549. The molecule has 1 aliphatic rings. The van der Waals surface area contributed by atoms with Gasteiger partial charge in [-0.2, -0.15) is 0 Å². The maximum atomic E-state index is 12.6. The summed E-state index contributed by atoms with van der Waals surface area (Å²) in [5, 5.41) is 5.89. The van der Waals surface area contributed by atoms with Gasteiger partial charge < -0.3 is 14.8 Å². The van der Waals surface area contributed by atoms with Crippen molar-refractivity contribution in [2.45, 2.75) is 32.4 Å². The highest BCUT2D eigenvalue weighted by Crippen LogP contribution is 2.34. The van der Waals surface area contributed by atoms with Crippen molar-refractivity contribution < 1.29 is 14.3 Å². The summed E-state index contributed by atoms with van der Waals surface area (Å²) in [4.78, 5) is 17.1. The Balaban J connectivity index is 1.33. The summed E-state index contributed by atoms with van der Waals surface area (Å²) in [6, 6.07) is 13.7. The number of hydrogen-bond acceptors (Lipinski definition) is 5. The number of carbonyl (C=O) groups excluding carboxylic acids is 1. The van der Waals surface area contributed by atoms with Crippen molar-refractivity contribution in [2.24, 2.45) is 0 Å². The molecule has 1 atom stereocenters. The highest BCUT2D eigenvalue weighted by atomic mass is 79.9. The molecule has 2 aromatic carbocycles. The molecule has 2 heterocycles. The van der Waals surface area contributed by atoms with E-state index >= 15 is 0 Å². The Labute approximate surface area is 182 Å². The lowest BCUT2D eigenvalue weighted by atomic mass is 10.0. The second-order valence-corrected chi connectivity index (χ2v) is 8.81. The fourth-order valence-electron chi connectivity index (χ4n) is 3.20. The van der Waals surface area contributed by atoms with Crippen molar-refractivity contribution in [2.75, 3.05) is 6.61 Å². The molecule has 150 valence electrons. The van der Waals surface area contributed by atoms with E-state index in [2.05, 4.69) is 26.2 Å². The van der Waals surface area contributed by atoms with Gasteiger partial charge in [0.15, 0.2) is 0 Å². The molecule has 1 aliphatic heterocycles. The van der Waals surface area contributed by atoms with Crippen LogP contribution in [0.3, 0.4) is 0 Å². The Morgan fingerprint density at radius 2 is 2.14 bits per heavy atom. The third kappa shape index (κ3) is 5.16. The second-order valence-electron chi connectivity index (χ2n) is 6.95. The van der Waals surface area contributed by atoms with Crippen LogP contribution in [-0.2, 0) is 17.8 Å². The van der Waals surface area contributed by atoms with Crippen LogP contribution in [0.25, 0.3) is 0 Å². The van der Waals surface area contributed by atoms with Gasteiger partial charge in [0.05, 0.1) is 24.8 Å². The summed E-state index contributed by atoms with van der Waals surface area (Å²) in [7, 11) is 0. The average molecular weight is 473 g/mol. The number of nitrogens with one attached hydrogen (secondary N) is 1. The van der Waals surface area contributed by atoms with Gasteiger partial charge in [0, 0.05) is 21.8 Å². The summed E-state index contributed by atoms with van der Waals surface area (Å²) >= 11 is 5.00. The van der Waals surface area contributed by atoms with Gasteiger partial charge in [-0.15, -0.1) is 11.3 Å². The number of aryl methyl sites for hydroxylation is 1. The summed E-state index contributed by atoms with van der Waals surface area (Å²) < 4.78 is 12.4. The van der Waals surface area contributed by atoms with Crippen molar-refractivity contribution in [1.82, 2.24) is 10.3 Å². The first-order chi connectivity index (χ1) is 14.1. The molecule has 29 heavy (non-hydrogen) atoms. The molecule has 0 spiro atoms. The topological polar surface area (TPSA) is 60.5 Å². The fourth-order valence-corrected chi connectivity index (χ4v) is 4.28. The fraction of sp³-hybridized carbons (Fsp3) is 0.273. The first-order valence-corrected chi connectivity index (χ1v) is 11.1. The van der Waals surface area contributed by atoms with Crippen LogP contribution >= 0.6 is 27.3 Å². The molecule has 1 unspecified atom stereocenters. The zero-order valence-electron chi connectivity index (χ0n) is 16.0. The van der Waals surface area contributed by atoms with Crippen molar-refractivity contribution in [3.05, 3.63) is 74.1 Å². The number of aromatic nitrogens is 1. The molecule has 0 bridgehead atoms. The van der Waals surface area contributed by atoms with Crippen LogP contribution in [-0.4, -0.2) is 17.5 Å². The van der Waals surface area contributed by atoms with E-state index in [9.17, 15) is 4.79 Å². The van der Waals surface area contributed by atoms with E-state index < -0.39 is 0 Å². The minimum absolute atomic E-state index is 0.0425. The van der Waals surface area contributed by atoms with Gasteiger partial charge in [-0.05, 0) is 37.3 Å². The highest BCUT2D eigenvalue weighted by Gasteiger charge is 2.23. The Kier molecular flexibility index (Phi) is 6.16. The van der Waals surface area contributed by atoms with Gasteiger partial charge in [0.2, 0.25) is 5.91 Å². The van der Waals surface area contributed by atoms with Gasteiger partial charge in [0.1, 0.15) is 23.1 Å². The number of benzene rings is 2. The molecule has 0 fully saturated rings. The number of fused-ring (bicyclic) bond motifs is 1. The van der Waals surface area contributed by atoms with E-state index in [1.807, 2.05) is 54.8 Å². The Hall–Kier alpha value is -2.38. The molecule has 1 aromatic heterocycles. The molecule has 3 aromatic rings. The van der Waals surface area contributed by atoms with Gasteiger partial charge in [-0.1, -0.05) is 33.6 Å². The van der Waals surface area contributed by atoms with Gasteiger partial charge in [0.25, 0.3) is 0 Å². The molecule has 1 N–H and O–H groups in total. The summed E-state index contributed by atoms with van der Waals surface area (Å²) in [5.41, 5.74) is 2.96. The number of ether oxygens (including phenoxy) is 2. The molecule has 0 aliphatic carbocycles. The first-order valence-electron chi connectivity index (χ1n) is 9.41. The monoisotopic (exact) mass is 472 g/mol. The van der Waals surface area contributed by atoms with Crippen LogP contribution in [0, 0.1) is 6.92 Å². The average Bonchev–Trinajstić information content (AvgIpc) is 3.15. The van der Waals surface area contributed by atoms with E-state index in [0.717, 1.165) is 38.7 Å². The molecule has 1 amide bonds. The van der Waals surface area contributed by atoms with Gasteiger partial charge >= 0.3 is 0 Å². The maximum absolute atomic E-state index is 12.6. The second kappa shape index (κ2) is 8.97. The summed E-state index contributed by atoms with van der Waals surface area (Å²) in [6.07, 6.45) is 1.00. The standard InChI is InChI=1S/C22H21BrN2O3S/c1-14-2-5-17(6-3-14)28-12-22-24-16(13-29-22)11-21(26)25-19-8-9-27-20-7-4-15(23)10-18(19)20/h2-7,10,13,19H,8-9,11-12H2,1H3,(H,25,26). The molecule has 5 nitrogen and oxygen atoms in total. The van der Waals surface area contributed by atoms with Gasteiger partial charge in [-0.25, -0.2) is 4.98 Å². The first kappa shape index (κ1) is 19.9. The van der Waals surface area contributed by atoms with Crippen LogP contribution in [0.1, 0.15) is 34.3 Å². The van der Waals surface area contributed by atoms with Crippen LogP contribution in [0.4, 0.5) is 0 Å². The Morgan fingerprint density at radius 1 is 1.31 bits per heavy atom. The van der Waals surface area contributed by atoms with Crippen LogP contribution in [0.2, 0.25) is 0 Å². The zero-order chi connectivity index (χ0) is 20.2. The number of halogens is 1. The van der Waals surface area contributed by atoms with E-state index in [0.29, 0.717) is 13.2 Å². The van der Waals surface area contributed by atoms with Crippen molar-refractivity contribution in [3.63, 3.8) is 0 Å². The van der Waals surface area contributed by atoms with Crippen LogP contribution in [0.15, 0.2) is 52.3 Å². The molecule has 4 rings (SSSR count). The third-order valence-corrected chi connectivity index (χ3v) is 6.04. The van der Waals surface area contributed by atoms with E-state index in [-0.39, 0.29) is 18.4 Å². The zero-order valence-corrected chi connectivity index (χ0v) is 18.4. The molecule has 7 heteroatoms. The number of hydrogen-bond donors (Lipinski definition) is 1. The lowest BCUT2D eigenvalue weighted by Gasteiger charge is -2.26. The normalized spacial score (nSPS) is 15.3. The van der Waals surface area contributed by atoms with E-state index in [1.165, 1.54) is 16.9 Å². The molecule has 0 saturated heterocycles. The summed E-state index contributed by atoms with van der Waals surface area (Å²) in [6.45, 7) is 3.03. The van der Waals surface area contributed by atoms with Crippen molar-refractivity contribution in [3.8, 4) is 11.5 Å². The number of thiazole rings is 1. The lowest BCUT2D eigenvalue weighted by molar-refractivity contribution is -0.121. The number of carbonyl (C=O) groups is 1. The number of rotatable bonds is 6. The third-order valence-electron chi connectivity index (χ3n) is 4.67. The predicted octanol–water partition coefficient (Wildman–Crippen LogP) is 4.98. The molecular formula is C22H21BrN2O3S. The Bertz CT molecular complexity index is 1000. The van der Waals surface area contributed by atoms with Crippen molar-refractivity contribution in [1.29, 1.82) is 0 Å². The number of nitrogens with zero attached hydrogens (tertiary/aromatic N) is 1. The largest absolute Gasteiger partial charge is 0.493 e. The number of amides is 1. The van der Waals surface area contributed by atoms with Crippen LogP contribution < -0.4 is 14.8 Å². The molecular weight excluding hydrogens is 452 g/mol. The highest BCUT2D eigenvalue weighted by molar-refractivity contribution is 9.10. The molecule has 0 radical (unpaired) electrons. The van der Waals surface area contributed by atoms with E-state index in [4.69, 9.17) is 9.47 Å². The summed E-state index contributed by atoms with van der Waals surface area (Å²) in [5.74, 6) is 1.60. The maximum Gasteiger partial charge on any atom is 0.226 e. The molecule has 0 saturated carbocycles. The van der Waals surface area contributed by atoms with E-state index in [1.54, 1.807) is 0 Å². The minimum atomic E-state index is -0.0493. The Morgan fingerprint density at radius 3 is 2.97 bits per heavy atom. The minimum Gasteiger partial charge on any atom is -0.493 e.